The Balaban J connectivity index is 1.57. The summed E-state index contributed by atoms with van der Waals surface area (Å²) in [7, 11) is 0. The fourth-order valence-electron chi connectivity index (χ4n) is 4.11. The van der Waals surface area contributed by atoms with E-state index in [-0.39, 0.29) is 17.5 Å². The molecule has 0 aromatic carbocycles. The highest BCUT2D eigenvalue weighted by atomic mass is 35.5. The Morgan fingerprint density at radius 1 is 1.32 bits per heavy atom. The van der Waals surface area contributed by atoms with Gasteiger partial charge >= 0.3 is 6.09 Å². The Labute approximate surface area is 204 Å². The average molecular weight is 493 g/mol. The lowest BCUT2D eigenvalue weighted by Crippen LogP contribution is -2.41. The third kappa shape index (κ3) is 6.19. The van der Waals surface area contributed by atoms with Gasteiger partial charge in [-0.05, 0) is 24.1 Å². The number of anilines is 1. The number of aliphatic hydroxyl groups is 2. The minimum Gasteiger partial charge on any atom is -0.449 e. The lowest BCUT2D eigenvalue weighted by Gasteiger charge is -2.23. The van der Waals surface area contributed by atoms with Crippen molar-refractivity contribution < 1.29 is 24.5 Å². The monoisotopic (exact) mass is 492 g/mol. The Morgan fingerprint density at radius 3 is 2.68 bits per heavy atom. The van der Waals surface area contributed by atoms with Gasteiger partial charge in [-0.3, -0.25) is 5.32 Å². The molecule has 0 radical (unpaired) electrons. The van der Waals surface area contributed by atoms with Crippen molar-refractivity contribution in [2.24, 2.45) is 0 Å². The van der Waals surface area contributed by atoms with E-state index in [1.807, 2.05) is 0 Å². The van der Waals surface area contributed by atoms with Gasteiger partial charge in [0.25, 0.3) is 0 Å². The molecule has 0 bridgehead atoms. The number of hydrogen-bond donors (Lipinski definition) is 3. The van der Waals surface area contributed by atoms with Gasteiger partial charge in [0.2, 0.25) is 5.28 Å². The fraction of sp³-hybridized carbons (Fsp3) is 0.625. The SMILES string of the molecule is C#C[C@]1(CO)O[C@@H](n2ccc3c(NC(=O)OCCCCCCCCCC)nc(Cl)nc32)C[C@@H]1O. The number of ether oxygens (including phenoxy) is 2. The van der Waals surface area contributed by atoms with Crippen LogP contribution in [0.5, 0.6) is 0 Å². The number of fused-ring (bicyclic) bond motifs is 1. The molecule has 0 spiro atoms. The molecule has 1 fully saturated rings. The predicted octanol–water partition coefficient (Wildman–Crippen LogP) is 4.42. The number of amides is 1. The van der Waals surface area contributed by atoms with Crippen molar-refractivity contribution in [2.45, 2.75) is 82.6 Å². The standard InChI is InChI=1S/C24H33ClN4O5/c1-3-5-6-7-8-9-10-11-14-33-23(32)27-20-17-12-13-29(21(17)28-22(25)26-20)19-15-18(31)24(4-2,16-30)34-19/h2,12-13,18-19,30-31H,3,5-11,14-16H2,1H3,(H,26,27,28,32)/t18-,19+,24+/m0/s1. The van der Waals surface area contributed by atoms with Gasteiger partial charge in [0, 0.05) is 12.6 Å². The Morgan fingerprint density at radius 2 is 2.03 bits per heavy atom. The second-order valence-electron chi connectivity index (χ2n) is 8.55. The second kappa shape index (κ2) is 12.4. The molecule has 0 saturated carbocycles. The zero-order chi connectivity index (χ0) is 24.6. The van der Waals surface area contributed by atoms with Gasteiger partial charge in [-0.2, -0.15) is 9.97 Å². The zero-order valence-corrected chi connectivity index (χ0v) is 20.3. The molecule has 1 saturated heterocycles. The molecule has 0 unspecified atom stereocenters. The Kier molecular flexibility index (Phi) is 9.54. The highest BCUT2D eigenvalue weighted by Gasteiger charge is 2.47. The number of aromatic nitrogens is 3. The maximum Gasteiger partial charge on any atom is 0.412 e. The van der Waals surface area contributed by atoms with E-state index < -0.39 is 30.6 Å². The second-order valence-corrected chi connectivity index (χ2v) is 8.89. The highest BCUT2D eigenvalue weighted by molar-refractivity contribution is 6.28. The first-order valence-corrected chi connectivity index (χ1v) is 12.2. The van der Waals surface area contributed by atoms with Crippen molar-refractivity contribution in [1.82, 2.24) is 14.5 Å². The molecule has 2 aromatic rings. The first kappa shape index (κ1) is 26.2. The van der Waals surface area contributed by atoms with Crippen molar-refractivity contribution in [3.05, 3.63) is 17.5 Å². The van der Waals surface area contributed by atoms with E-state index >= 15 is 0 Å². The van der Waals surface area contributed by atoms with Crippen molar-refractivity contribution in [3.8, 4) is 12.3 Å². The number of nitrogens with zero attached hydrogens (tertiary/aromatic N) is 3. The summed E-state index contributed by atoms with van der Waals surface area (Å²) in [6.45, 7) is 2.01. The Bertz CT molecular complexity index is 1010. The molecule has 34 heavy (non-hydrogen) atoms. The van der Waals surface area contributed by atoms with Crippen LogP contribution in [0.4, 0.5) is 10.6 Å². The largest absolute Gasteiger partial charge is 0.449 e. The van der Waals surface area contributed by atoms with Crippen molar-refractivity contribution in [3.63, 3.8) is 0 Å². The zero-order valence-electron chi connectivity index (χ0n) is 19.5. The van der Waals surface area contributed by atoms with Crippen molar-refractivity contribution in [1.29, 1.82) is 0 Å². The molecule has 1 amide bonds. The Hall–Kier alpha value is -2.38. The van der Waals surface area contributed by atoms with Gasteiger partial charge < -0.3 is 24.3 Å². The number of nitrogens with one attached hydrogen (secondary N) is 1. The summed E-state index contributed by atoms with van der Waals surface area (Å²) < 4.78 is 12.7. The molecular weight excluding hydrogens is 460 g/mol. The summed E-state index contributed by atoms with van der Waals surface area (Å²) in [5.74, 6) is 2.55. The molecule has 1 aliphatic heterocycles. The molecule has 1 aliphatic rings. The van der Waals surface area contributed by atoms with Crippen molar-refractivity contribution in [2.75, 3.05) is 18.5 Å². The van der Waals surface area contributed by atoms with Crippen LogP contribution in [0.2, 0.25) is 5.28 Å². The maximum atomic E-state index is 12.3. The molecule has 9 nitrogen and oxygen atoms in total. The first-order chi connectivity index (χ1) is 16.4. The van der Waals surface area contributed by atoms with Gasteiger partial charge in [-0.15, -0.1) is 6.42 Å². The number of unbranched alkanes of at least 4 members (excludes halogenated alkanes) is 7. The van der Waals surface area contributed by atoms with Gasteiger partial charge in [0.05, 0.1) is 18.6 Å². The van der Waals surface area contributed by atoms with Gasteiger partial charge in [-0.25, -0.2) is 4.79 Å². The van der Waals surface area contributed by atoms with E-state index in [2.05, 4.69) is 28.1 Å². The summed E-state index contributed by atoms with van der Waals surface area (Å²) in [4.78, 5) is 20.7. The van der Waals surface area contributed by atoms with E-state index in [4.69, 9.17) is 27.5 Å². The van der Waals surface area contributed by atoms with Crippen LogP contribution in [-0.2, 0) is 9.47 Å². The summed E-state index contributed by atoms with van der Waals surface area (Å²) in [5, 5.41) is 23.0. The summed E-state index contributed by atoms with van der Waals surface area (Å²) in [6.07, 6.45) is 14.2. The van der Waals surface area contributed by atoms with Crippen LogP contribution in [0.25, 0.3) is 11.0 Å². The molecule has 3 rings (SSSR count). The molecule has 3 heterocycles. The van der Waals surface area contributed by atoms with Gasteiger partial charge in [0.1, 0.15) is 23.8 Å². The van der Waals surface area contributed by atoms with E-state index in [0.29, 0.717) is 17.6 Å². The number of aliphatic hydroxyl groups excluding tert-OH is 2. The van der Waals surface area contributed by atoms with E-state index in [1.165, 1.54) is 32.1 Å². The van der Waals surface area contributed by atoms with Crippen LogP contribution in [0.3, 0.4) is 0 Å². The summed E-state index contributed by atoms with van der Waals surface area (Å²) >= 11 is 6.10. The summed E-state index contributed by atoms with van der Waals surface area (Å²) in [6, 6.07) is 1.70. The topological polar surface area (TPSA) is 119 Å². The number of rotatable bonds is 12. The molecule has 2 aromatic heterocycles. The van der Waals surface area contributed by atoms with Crippen LogP contribution in [0.1, 0.15) is 70.9 Å². The number of carbonyl (C=O) groups excluding carboxylic acids is 1. The quantitative estimate of drug-likeness (QED) is 0.228. The van der Waals surface area contributed by atoms with E-state index in [1.54, 1.807) is 16.8 Å². The fourth-order valence-corrected chi connectivity index (χ4v) is 4.27. The highest BCUT2D eigenvalue weighted by Crippen LogP contribution is 2.38. The normalized spacial score (nSPS) is 22.1. The third-order valence-electron chi connectivity index (χ3n) is 6.10. The van der Waals surface area contributed by atoms with E-state index in [0.717, 1.165) is 19.3 Å². The van der Waals surface area contributed by atoms with Crippen molar-refractivity contribution >= 4 is 34.5 Å². The molecule has 3 atom stereocenters. The molecule has 3 N–H and O–H groups in total. The van der Waals surface area contributed by atoms with Crippen LogP contribution in [0.15, 0.2) is 12.3 Å². The molecule has 186 valence electrons. The minimum absolute atomic E-state index is 0.0743. The smallest absolute Gasteiger partial charge is 0.412 e. The average Bonchev–Trinajstić information content (AvgIpc) is 3.39. The minimum atomic E-state index is -1.49. The van der Waals surface area contributed by atoms with Crippen LogP contribution in [-0.4, -0.2) is 55.8 Å². The first-order valence-electron chi connectivity index (χ1n) is 11.9. The van der Waals surface area contributed by atoms with Crippen LogP contribution >= 0.6 is 11.6 Å². The number of hydrogen-bond acceptors (Lipinski definition) is 7. The van der Waals surface area contributed by atoms with Gasteiger partial charge in [-0.1, -0.05) is 57.8 Å². The van der Waals surface area contributed by atoms with Crippen LogP contribution in [0, 0.1) is 12.3 Å². The van der Waals surface area contributed by atoms with E-state index in [9.17, 15) is 15.0 Å². The lowest BCUT2D eigenvalue weighted by atomic mass is 9.99. The molecule has 0 aliphatic carbocycles. The number of carbonyl (C=O) groups is 1. The molecule has 10 heteroatoms. The van der Waals surface area contributed by atoms with Gasteiger partial charge in [0.15, 0.2) is 5.60 Å². The number of halogens is 1. The molecular formula is C24H33ClN4O5. The maximum absolute atomic E-state index is 12.3. The number of terminal acetylenes is 1. The van der Waals surface area contributed by atoms with Crippen LogP contribution < -0.4 is 5.32 Å². The lowest BCUT2D eigenvalue weighted by molar-refractivity contribution is -0.0890. The third-order valence-corrected chi connectivity index (χ3v) is 6.26. The predicted molar refractivity (Wildman–Crippen MR) is 130 cm³/mol. The summed E-state index contributed by atoms with van der Waals surface area (Å²) in [5.41, 5.74) is -1.10.